The Morgan fingerprint density at radius 2 is 1.93 bits per heavy atom. The van der Waals surface area contributed by atoms with Gasteiger partial charge in [0.1, 0.15) is 18.1 Å². The number of aliphatic hydroxyl groups is 1. The first-order valence-electron chi connectivity index (χ1n) is 16.2. The van der Waals surface area contributed by atoms with E-state index in [1.807, 2.05) is 34.7 Å². The fourth-order valence-electron chi connectivity index (χ4n) is 5.04. The van der Waals surface area contributed by atoms with E-state index in [4.69, 9.17) is 9.84 Å². The summed E-state index contributed by atoms with van der Waals surface area (Å²) in [5.74, 6) is -0.0379. The number of hydrogen-bond donors (Lipinski definition) is 3. The smallest absolute Gasteiger partial charge is 0.258 e. The number of aldehydes is 1. The molecule has 11 heteroatoms. The average molecular weight is 665 g/mol. The van der Waals surface area contributed by atoms with Crippen molar-refractivity contribution in [2.45, 2.75) is 110 Å². The lowest BCUT2D eigenvalue weighted by molar-refractivity contribution is -0.142. The lowest BCUT2D eigenvalue weighted by Crippen LogP contribution is -2.57. The molecule has 1 saturated heterocycles. The van der Waals surface area contributed by atoms with E-state index in [0.29, 0.717) is 13.0 Å². The van der Waals surface area contributed by atoms with Crippen LogP contribution in [-0.2, 0) is 20.9 Å². The third-order valence-corrected chi connectivity index (χ3v) is 8.89. The van der Waals surface area contributed by atoms with Crippen LogP contribution in [0.4, 0.5) is 4.39 Å². The van der Waals surface area contributed by atoms with Crippen LogP contribution in [-0.4, -0.2) is 86.1 Å². The van der Waals surface area contributed by atoms with E-state index < -0.39 is 29.1 Å². The summed E-state index contributed by atoms with van der Waals surface area (Å²) in [6, 6.07) is 5.16. The Morgan fingerprint density at radius 1 is 1.26 bits per heavy atom. The summed E-state index contributed by atoms with van der Waals surface area (Å²) in [6.07, 6.45) is 9.53. The summed E-state index contributed by atoms with van der Waals surface area (Å²) in [5.41, 5.74) is 0.933. The van der Waals surface area contributed by atoms with Gasteiger partial charge in [0.15, 0.2) is 5.67 Å². The Hall–Kier alpha value is -2.76. The molecular formula is C35H57FN4O5S. The number of amides is 2. The van der Waals surface area contributed by atoms with E-state index in [-0.39, 0.29) is 18.7 Å². The number of likely N-dealkylation sites (tertiary alicyclic amines) is 1. The van der Waals surface area contributed by atoms with Crippen molar-refractivity contribution in [3.05, 3.63) is 35.0 Å². The molecule has 1 heterocycles. The second-order valence-corrected chi connectivity index (χ2v) is 13.5. The number of aliphatic hydroxyl groups excluding tert-OH is 1. The number of aliphatic imine (C=N–C) groups is 1. The molecule has 46 heavy (non-hydrogen) atoms. The maximum absolute atomic E-state index is 13.8. The number of halogens is 1. The van der Waals surface area contributed by atoms with Crippen molar-refractivity contribution in [1.82, 2.24) is 15.5 Å². The number of carbonyl (C=O) groups is 3. The topological polar surface area (TPSA) is 120 Å². The van der Waals surface area contributed by atoms with Crippen molar-refractivity contribution in [3.8, 4) is 5.75 Å². The highest BCUT2D eigenvalue weighted by Crippen LogP contribution is 2.40. The molecule has 0 radical (unpaired) electrons. The fourth-order valence-corrected chi connectivity index (χ4v) is 5.77. The molecule has 2 amide bonds. The van der Waals surface area contributed by atoms with Crippen LogP contribution in [0, 0.1) is 5.41 Å². The Kier molecular flexibility index (Phi) is 18.4. The normalized spacial score (nSPS) is 17.7. The monoisotopic (exact) mass is 664 g/mol. The number of carbonyl (C=O) groups excluding carboxylic acids is 3. The molecule has 2 aliphatic rings. The molecule has 1 aliphatic carbocycles. The van der Waals surface area contributed by atoms with Gasteiger partial charge in [-0.15, -0.1) is 11.8 Å². The molecule has 3 N–H and O–H groups in total. The summed E-state index contributed by atoms with van der Waals surface area (Å²) in [6.45, 7) is 15.4. The van der Waals surface area contributed by atoms with Crippen molar-refractivity contribution >= 4 is 41.5 Å². The summed E-state index contributed by atoms with van der Waals surface area (Å²) < 4.78 is 19.9. The maximum Gasteiger partial charge on any atom is 0.258 e. The molecule has 1 aromatic rings. The number of alkyl halides is 1. The van der Waals surface area contributed by atoms with Crippen LogP contribution >= 0.6 is 11.8 Å². The minimum absolute atomic E-state index is 0.213. The van der Waals surface area contributed by atoms with Crippen LogP contribution < -0.4 is 15.4 Å². The SMILES string of the molecule is C=N/C(C)=C(\SC)c1ccc(CNC)c(OCCCCCC)c1.CC(C)(C)C(NC(=O)C1(F)CC1)C(=O)N1CCC[C@H]1C=O.CO. The molecule has 0 aromatic heterocycles. The van der Waals surface area contributed by atoms with Gasteiger partial charge in [-0.2, -0.15) is 0 Å². The highest BCUT2D eigenvalue weighted by Gasteiger charge is 2.53. The second-order valence-electron chi connectivity index (χ2n) is 12.7. The first-order chi connectivity index (χ1) is 21.9. The predicted octanol–water partition coefficient (Wildman–Crippen LogP) is 5.94. The van der Waals surface area contributed by atoms with Crippen LogP contribution in [0.1, 0.15) is 97.1 Å². The number of benzene rings is 1. The quantitative estimate of drug-likeness (QED) is 0.121. The Bertz CT molecular complexity index is 1170. The molecule has 260 valence electrons. The zero-order chi connectivity index (χ0) is 34.9. The minimum atomic E-state index is -1.81. The van der Waals surface area contributed by atoms with E-state index in [1.54, 1.807) is 11.8 Å². The van der Waals surface area contributed by atoms with E-state index >= 15 is 0 Å². The molecule has 1 aliphatic heterocycles. The highest BCUT2D eigenvalue weighted by atomic mass is 32.2. The van der Waals surface area contributed by atoms with Gasteiger partial charge in [0.2, 0.25) is 5.91 Å². The van der Waals surface area contributed by atoms with Gasteiger partial charge in [-0.1, -0.05) is 59.1 Å². The standard InChI is InChI=1S/C19H30N2OS.C15H23FN2O3.CH4O/c1-6-7-8-9-12-22-18-13-16(10-11-17(18)14-20-3)19(23-5)15(2)21-4;1-14(2,3)11(17-13(21)15(16)6-7-15)12(20)18-8-4-5-10(18)9-19;1-2/h10-11,13,20H,4,6-9,12,14H2,1-3,5H3;9-11H,4-8H2,1-3H3,(H,17,21);2H,1H3/b19-15-;;/t;10-,11?;/m.0./s1. The largest absolute Gasteiger partial charge is 0.493 e. The van der Waals surface area contributed by atoms with Crippen LogP contribution in [0.2, 0.25) is 0 Å². The maximum atomic E-state index is 13.8. The zero-order valence-corrected chi connectivity index (χ0v) is 30.0. The summed E-state index contributed by atoms with van der Waals surface area (Å²) in [5, 5.41) is 12.8. The highest BCUT2D eigenvalue weighted by molar-refractivity contribution is 8.07. The number of allylic oxidation sites excluding steroid dienone is 1. The number of ether oxygens (including phenoxy) is 1. The van der Waals surface area contributed by atoms with Crippen molar-refractivity contribution in [2.24, 2.45) is 10.4 Å². The minimum Gasteiger partial charge on any atom is -0.493 e. The first kappa shape index (κ1) is 41.3. The van der Waals surface area contributed by atoms with Crippen molar-refractivity contribution in [2.75, 3.05) is 33.6 Å². The van der Waals surface area contributed by atoms with E-state index in [0.717, 1.165) is 61.3 Å². The molecule has 9 nitrogen and oxygen atoms in total. The summed E-state index contributed by atoms with van der Waals surface area (Å²) in [4.78, 5) is 42.4. The number of thioether (sulfide) groups is 1. The molecular weight excluding hydrogens is 607 g/mol. The van der Waals surface area contributed by atoms with Crippen LogP contribution in [0.3, 0.4) is 0 Å². The Morgan fingerprint density at radius 3 is 2.46 bits per heavy atom. The van der Waals surface area contributed by atoms with Gasteiger partial charge >= 0.3 is 0 Å². The molecule has 1 unspecified atom stereocenters. The summed E-state index contributed by atoms with van der Waals surface area (Å²) >= 11 is 1.69. The van der Waals surface area contributed by atoms with Crippen LogP contribution in [0.5, 0.6) is 5.75 Å². The third-order valence-electron chi connectivity index (χ3n) is 7.95. The van der Waals surface area contributed by atoms with Crippen molar-refractivity contribution in [1.29, 1.82) is 0 Å². The number of nitrogens with zero attached hydrogens (tertiary/aromatic N) is 2. The van der Waals surface area contributed by atoms with Gasteiger partial charge < -0.3 is 30.2 Å². The van der Waals surface area contributed by atoms with Crippen molar-refractivity contribution < 1.29 is 28.6 Å². The first-order valence-corrected chi connectivity index (χ1v) is 17.4. The van der Waals surface area contributed by atoms with Gasteiger partial charge in [-0.25, -0.2) is 4.39 Å². The average Bonchev–Trinajstić information content (AvgIpc) is 3.61. The lowest BCUT2D eigenvalue weighted by Gasteiger charge is -2.35. The number of hydrogen-bond acceptors (Lipinski definition) is 8. The lowest BCUT2D eigenvalue weighted by atomic mass is 9.85. The predicted molar refractivity (Wildman–Crippen MR) is 188 cm³/mol. The number of unbranched alkanes of at least 4 members (excludes halogenated alkanes) is 3. The van der Waals surface area contributed by atoms with Gasteiger partial charge in [-0.3, -0.25) is 14.6 Å². The fraction of sp³-hybridized carbons (Fsp3) is 0.657. The molecule has 3 rings (SSSR count). The van der Waals surface area contributed by atoms with Gasteiger partial charge in [-0.05, 0) is 76.1 Å². The molecule has 2 atom stereocenters. The number of nitrogens with one attached hydrogen (secondary N) is 2. The van der Waals surface area contributed by atoms with Gasteiger partial charge in [0, 0.05) is 30.7 Å². The van der Waals surface area contributed by atoms with E-state index in [9.17, 15) is 18.8 Å². The Balaban J connectivity index is 0.000000438. The van der Waals surface area contributed by atoms with Gasteiger partial charge in [0.05, 0.1) is 18.3 Å². The molecule has 1 saturated carbocycles. The zero-order valence-electron chi connectivity index (χ0n) is 29.2. The molecule has 2 fully saturated rings. The van der Waals surface area contributed by atoms with E-state index in [1.165, 1.54) is 29.7 Å². The summed E-state index contributed by atoms with van der Waals surface area (Å²) in [7, 11) is 2.96. The Labute approximate surface area is 280 Å². The molecule has 0 bridgehead atoms. The van der Waals surface area contributed by atoms with Crippen LogP contribution in [0.15, 0.2) is 28.9 Å². The van der Waals surface area contributed by atoms with E-state index in [2.05, 4.69) is 53.7 Å². The number of rotatable bonds is 15. The van der Waals surface area contributed by atoms with Crippen LogP contribution in [0.25, 0.3) is 4.91 Å². The van der Waals surface area contributed by atoms with Crippen molar-refractivity contribution in [3.63, 3.8) is 0 Å². The van der Waals surface area contributed by atoms with Gasteiger partial charge in [0.25, 0.3) is 5.91 Å². The molecule has 1 aromatic carbocycles. The molecule has 0 spiro atoms. The second kappa shape index (κ2) is 20.5. The third kappa shape index (κ3) is 12.4.